The first-order chi connectivity index (χ1) is 11.0. The number of carbonyl (C=O) groups is 1. The van der Waals surface area contributed by atoms with Gasteiger partial charge in [-0.15, -0.1) is 0 Å². The third-order valence-corrected chi connectivity index (χ3v) is 5.36. The summed E-state index contributed by atoms with van der Waals surface area (Å²) in [6.45, 7) is 2.20. The summed E-state index contributed by atoms with van der Waals surface area (Å²) in [5.74, 6) is 0.283. The van der Waals surface area contributed by atoms with Crippen LogP contribution in [0.2, 0.25) is 0 Å². The highest BCUT2D eigenvalue weighted by atomic mass is 16.2. The van der Waals surface area contributed by atoms with Crippen LogP contribution in [0.25, 0.3) is 0 Å². The highest BCUT2D eigenvalue weighted by Gasteiger charge is 2.43. The van der Waals surface area contributed by atoms with Gasteiger partial charge in [-0.05, 0) is 63.1 Å². The number of amides is 1. The number of nitriles is 1. The number of carbonyl (C=O) groups excluding carboxylic acids is 1. The second-order valence-corrected chi connectivity index (χ2v) is 7.22. The number of likely N-dealkylation sites (N-methyl/N-ethyl adjacent to an activating group) is 1. The van der Waals surface area contributed by atoms with Gasteiger partial charge in [-0.25, -0.2) is 0 Å². The number of fused-ring (bicyclic) bond motifs is 1. The molecule has 0 heterocycles. The summed E-state index contributed by atoms with van der Waals surface area (Å²) in [5, 5.41) is 12.3. The molecule has 0 unspecified atom stereocenters. The van der Waals surface area contributed by atoms with Gasteiger partial charge in [0.25, 0.3) is 0 Å². The molecule has 0 aliphatic heterocycles. The van der Waals surface area contributed by atoms with E-state index < -0.39 is 5.54 Å². The molecule has 122 valence electrons. The molecule has 0 radical (unpaired) electrons. The van der Waals surface area contributed by atoms with E-state index in [1.807, 2.05) is 14.0 Å². The molecular formula is C19H25N3O. The zero-order chi connectivity index (χ0) is 16.4. The number of aryl methyl sites for hydroxylation is 1. The van der Waals surface area contributed by atoms with Crippen LogP contribution >= 0.6 is 0 Å². The topological polar surface area (TPSA) is 56.1 Å². The minimum absolute atomic E-state index is 0.0395. The maximum atomic E-state index is 12.3. The summed E-state index contributed by atoms with van der Waals surface area (Å²) in [6, 6.07) is 11.2. The molecule has 0 saturated heterocycles. The van der Waals surface area contributed by atoms with Crippen LogP contribution in [0.3, 0.4) is 0 Å². The van der Waals surface area contributed by atoms with Gasteiger partial charge >= 0.3 is 0 Å². The number of benzene rings is 1. The van der Waals surface area contributed by atoms with Crippen molar-refractivity contribution in [2.24, 2.45) is 5.92 Å². The molecule has 23 heavy (non-hydrogen) atoms. The van der Waals surface area contributed by atoms with E-state index in [-0.39, 0.29) is 5.91 Å². The van der Waals surface area contributed by atoms with Crippen molar-refractivity contribution in [1.82, 2.24) is 10.2 Å². The van der Waals surface area contributed by atoms with Crippen LogP contribution in [0.4, 0.5) is 0 Å². The first-order valence-electron chi connectivity index (χ1n) is 8.51. The standard InChI is InChI=1S/C19H25N3O/c1-19(13-20,16-8-9-16)21-18(23)12-22(2)17-10-7-14-5-3-4-6-15(14)11-17/h3-6,16-17H,7-12H2,1-2H3,(H,21,23)/t17-,19-/m0/s1. The van der Waals surface area contributed by atoms with Crippen molar-refractivity contribution >= 4 is 5.91 Å². The van der Waals surface area contributed by atoms with Crippen molar-refractivity contribution < 1.29 is 4.79 Å². The van der Waals surface area contributed by atoms with Gasteiger partial charge in [0.15, 0.2) is 0 Å². The van der Waals surface area contributed by atoms with Crippen molar-refractivity contribution in [3.05, 3.63) is 35.4 Å². The van der Waals surface area contributed by atoms with Gasteiger partial charge in [-0.1, -0.05) is 24.3 Å². The van der Waals surface area contributed by atoms with E-state index in [4.69, 9.17) is 0 Å². The zero-order valence-electron chi connectivity index (χ0n) is 14.0. The Morgan fingerprint density at radius 1 is 1.35 bits per heavy atom. The number of hydrogen-bond acceptors (Lipinski definition) is 3. The Morgan fingerprint density at radius 2 is 2.04 bits per heavy atom. The minimum atomic E-state index is -0.697. The predicted octanol–water partition coefficient (Wildman–Crippen LogP) is 2.28. The Balaban J connectivity index is 1.56. The lowest BCUT2D eigenvalue weighted by molar-refractivity contribution is -0.123. The van der Waals surface area contributed by atoms with Crippen molar-refractivity contribution in [2.45, 2.75) is 50.6 Å². The van der Waals surface area contributed by atoms with Crippen LogP contribution < -0.4 is 5.32 Å². The van der Waals surface area contributed by atoms with E-state index in [0.717, 1.165) is 32.1 Å². The smallest absolute Gasteiger partial charge is 0.235 e. The van der Waals surface area contributed by atoms with Crippen LogP contribution in [0.1, 0.15) is 37.3 Å². The Hall–Kier alpha value is -1.86. The van der Waals surface area contributed by atoms with E-state index in [1.54, 1.807) is 0 Å². The van der Waals surface area contributed by atoms with Crippen LogP contribution in [-0.4, -0.2) is 36.0 Å². The molecule has 2 aliphatic rings. The maximum absolute atomic E-state index is 12.3. The van der Waals surface area contributed by atoms with E-state index >= 15 is 0 Å². The van der Waals surface area contributed by atoms with Crippen molar-refractivity contribution in [1.29, 1.82) is 5.26 Å². The van der Waals surface area contributed by atoms with Gasteiger partial charge in [0.1, 0.15) is 5.54 Å². The number of hydrogen-bond donors (Lipinski definition) is 1. The lowest BCUT2D eigenvalue weighted by atomic mass is 9.87. The quantitative estimate of drug-likeness (QED) is 0.907. The van der Waals surface area contributed by atoms with Crippen molar-refractivity contribution in [3.63, 3.8) is 0 Å². The van der Waals surface area contributed by atoms with Gasteiger partial charge in [0.2, 0.25) is 5.91 Å². The fourth-order valence-corrected chi connectivity index (χ4v) is 3.62. The molecule has 0 bridgehead atoms. The molecule has 1 amide bonds. The molecule has 1 fully saturated rings. The summed E-state index contributed by atoms with van der Waals surface area (Å²) in [6.07, 6.45) is 5.24. The summed E-state index contributed by atoms with van der Waals surface area (Å²) < 4.78 is 0. The molecule has 1 N–H and O–H groups in total. The first kappa shape index (κ1) is 16.0. The second-order valence-electron chi connectivity index (χ2n) is 7.22. The van der Waals surface area contributed by atoms with E-state index in [0.29, 0.717) is 18.5 Å². The van der Waals surface area contributed by atoms with Gasteiger partial charge in [0, 0.05) is 6.04 Å². The third-order valence-electron chi connectivity index (χ3n) is 5.36. The van der Waals surface area contributed by atoms with E-state index in [1.165, 1.54) is 11.1 Å². The molecule has 3 rings (SSSR count). The highest BCUT2D eigenvalue weighted by molar-refractivity contribution is 5.79. The fourth-order valence-electron chi connectivity index (χ4n) is 3.62. The third kappa shape index (κ3) is 3.56. The number of nitrogens with zero attached hydrogens (tertiary/aromatic N) is 2. The summed E-state index contributed by atoms with van der Waals surface area (Å²) >= 11 is 0. The Labute approximate surface area is 138 Å². The Bertz CT molecular complexity index is 632. The molecular weight excluding hydrogens is 286 g/mol. The Morgan fingerprint density at radius 3 is 2.70 bits per heavy atom. The molecule has 1 saturated carbocycles. The van der Waals surface area contributed by atoms with Crippen LogP contribution in [0.5, 0.6) is 0 Å². The predicted molar refractivity (Wildman–Crippen MR) is 89.8 cm³/mol. The van der Waals surface area contributed by atoms with Crippen molar-refractivity contribution in [3.8, 4) is 6.07 Å². The monoisotopic (exact) mass is 311 g/mol. The minimum Gasteiger partial charge on any atom is -0.337 e. The van der Waals surface area contributed by atoms with Gasteiger partial charge in [0.05, 0.1) is 12.6 Å². The lowest BCUT2D eigenvalue weighted by Crippen LogP contribution is -2.51. The maximum Gasteiger partial charge on any atom is 0.235 e. The number of rotatable bonds is 5. The molecule has 0 aromatic heterocycles. The SMILES string of the molecule is CN(CC(=O)N[C@@](C)(C#N)C1CC1)[C@H]1CCc2ccccc2C1. The highest BCUT2D eigenvalue weighted by Crippen LogP contribution is 2.39. The van der Waals surface area contributed by atoms with Gasteiger partial charge < -0.3 is 5.32 Å². The van der Waals surface area contributed by atoms with Crippen molar-refractivity contribution in [2.75, 3.05) is 13.6 Å². The largest absolute Gasteiger partial charge is 0.337 e. The average molecular weight is 311 g/mol. The molecule has 2 aliphatic carbocycles. The Kier molecular flexibility index (Phi) is 4.41. The molecule has 0 spiro atoms. The second kappa shape index (κ2) is 6.33. The van der Waals surface area contributed by atoms with Gasteiger partial charge in [-0.2, -0.15) is 5.26 Å². The van der Waals surface area contributed by atoms with Gasteiger partial charge in [-0.3, -0.25) is 9.69 Å². The fraction of sp³-hybridized carbons (Fsp3) is 0.579. The zero-order valence-corrected chi connectivity index (χ0v) is 14.0. The van der Waals surface area contributed by atoms with Crippen LogP contribution in [0.15, 0.2) is 24.3 Å². The number of nitrogens with one attached hydrogen (secondary N) is 1. The molecule has 2 atom stereocenters. The average Bonchev–Trinajstić information content (AvgIpc) is 3.39. The first-order valence-corrected chi connectivity index (χ1v) is 8.51. The summed E-state index contributed by atoms with van der Waals surface area (Å²) in [7, 11) is 2.01. The van der Waals surface area contributed by atoms with Crippen LogP contribution in [0, 0.1) is 17.2 Å². The van der Waals surface area contributed by atoms with Crippen LogP contribution in [-0.2, 0) is 17.6 Å². The molecule has 1 aromatic carbocycles. The lowest BCUT2D eigenvalue weighted by Gasteiger charge is -2.33. The molecule has 4 heteroatoms. The van der Waals surface area contributed by atoms with E-state index in [2.05, 4.69) is 40.6 Å². The molecule has 1 aromatic rings. The molecule has 4 nitrogen and oxygen atoms in total. The summed E-state index contributed by atoms with van der Waals surface area (Å²) in [4.78, 5) is 14.5. The normalized spacial score (nSPS) is 22.8. The van der Waals surface area contributed by atoms with E-state index in [9.17, 15) is 10.1 Å². The summed E-state index contributed by atoms with van der Waals surface area (Å²) in [5.41, 5.74) is 2.14.